The molecular weight excluding hydrogens is 410 g/mol. The van der Waals surface area contributed by atoms with Gasteiger partial charge in [-0.1, -0.05) is 18.6 Å². The Kier molecular flexibility index (Phi) is 6.92. The van der Waals surface area contributed by atoms with Crippen LogP contribution in [0.4, 0.5) is 11.4 Å². The summed E-state index contributed by atoms with van der Waals surface area (Å²) in [6.45, 7) is 3.36. The minimum absolute atomic E-state index is 0.114. The summed E-state index contributed by atoms with van der Waals surface area (Å²) in [5.41, 5.74) is 2.76. The molecule has 4 rings (SSSR count). The topological polar surface area (TPSA) is 69.7 Å². The molecule has 2 heterocycles. The number of amides is 1. The van der Waals surface area contributed by atoms with Crippen LogP contribution in [0.5, 0.6) is 0 Å². The SMILES string of the molecule is O=C(Cc1ccc(S(=O)(=O)N2CCCCC2)cc1)Nc1ccc(N2CCCCC2)cc1. The molecule has 2 aliphatic rings. The number of nitrogens with one attached hydrogen (secondary N) is 1. The Hall–Kier alpha value is -2.38. The van der Waals surface area contributed by atoms with Crippen LogP contribution in [0.25, 0.3) is 0 Å². The second-order valence-electron chi connectivity index (χ2n) is 8.43. The number of carbonyl (C=O) groups is 1. The third-order valence-electron chi connectivity index (χ3n) is 6.11. The van der Waals surface area contributed by atoms with Crippen molar-refractivity contribution >= 4 is 27.3 Å². The molecule has 0 atom stereocenters. The molecular formula is C24H31N3O3S. The van der Waals surface area contributed by atoms with Crippen molar-refractivity contribution in [1.29, 1.82) is 0 Å². The smallest absolute Gasteiger partial charge is 0.243 e. The molecule has 166 valence electrons. The summed E-state index contributed by atoms with van der Waals surface area (Å²) in [7, 11) is -3.44. The van der Waals surface area contributed by atoms with E-state index in [9.17, 15) is 13.2 Å². The van der Waals surface area contributed by atoms with Crippen LogP contribution in [-0.2, 0) is 21.2 Å². The zero-order chi connectivity index (χ0) is 21.7. The third kappa shape index (κ3) is 5.46. The third-order valence-corrected chi connectivity index (χ3v) is 8.03. The van der Waals surface area contributed by atoms with Gasteiger partial charge in [0.25, 0.3) is 0 Å². The maximum Gasteiger partial charge on any atom is 0.243 e. The number of benzene rings is 2. The fourth-order valence-corrected chi connectivity index (χ4v) is 5.85. The molecule has 0 unspecified atom stereocenters. The van der Waals surface area contributed by atoms with Crippen molar-refractivity contribution in [2.75, 3.05) is 36.4 Å². The number of carbonyl (C=O) groups excluding carboxylic acids is 1. The maximum absolute atomic E-state index is 12.7. The summed E-state index contributed by atoms with van der Waals surface area (Å²) < 4.78 is 27.1. The highest BCUT2D eigenvalue weighted by Gasteiger charge is 2.25. The quantitative estimate of drug-likeness (QED) is 0.735. The van der Waals surface area contributed by atoms with Gasteiger partial charge in [-0.2, -0.15) is 4.31 Å². The van der Waals surface area contributed by atoms with E-state index < -0.39 is 10.0 Å². The molecule has 2 aromatic carbocycles. The first-order chi connectivity index (χ1) is 15.0. The molecule has 2 saturated heterocycles. The monoisotopic (exact) mass is 441 g/mol. The lowest BCUT2D eigenvalue weighted by Crippen LogP contribution is -2.35. The van der Waals surface area contributed by atoms with Crippen molar-refractivity contribution in [2.45, 2.75) is 49.8 Å². The van der Waals surface area contributed by atoms with Crippen molar-refractivity contribution < 1.29 is 13.2 Å². The zero-order valence-corrected chi connectivity index (χ0v) is 18.7. The van der Waals surface area contributed by atoms with Crippen LogP contribution >= 0.6 is 0 Å². The second-order valence-corrected chi connectivity index (χ2v) is 10.4. The lowest BCUT2D eigenvalue weighted by molar-refractivity contribution is -0.115. The molecule has 0 saturated carbocycles. The number of sulfonamides is 1. The van der Waals surface area contributed by atoms with Gasteiger partial charge in [-0.25, -0.2) is 8.42 Å². The van der Waals surface area contributed by atoms with Crippen LogP contribution in [0.15, 0.2) is 53.4 Å². The van der Waals surface area contributed by atoms with Gasteiger partial charge in [0, 0.05) is 37.6 Å². The van der Waals surface area contributed by atoms with Crippen molar-refractivity contribution in [3.63, 3.8) is 0 Å². The van der Waals surface area contributed by atoms with E-state index in [1.165, 1.54) is 24.9 Å². The lowest BCUT2D eigenvalue weighted by atomic mass is 10.1. The highest BCUT2D eigenvalue weighted by Crippen LogP contribution is 2.23. The Bertz CT molecular complexity index is 976. The normalized spacial score (nSPS) is 18.0. The van der Waals surface area contributed by atoms with Gasteiger partial charge in [-0.3, -0.25) is 4.79 Å². The highest BCUT2D eigenvalue weighted by atomic mass is 32.2. The molecule has 2 fully saturated rings. The van der Waals surface area contributed by atoms with Crippen molar-refractivity contribution in [3.8, 4) is 0 Å². The average molecular weight is 442 g/mol. The van der Waals surface area contributed by atoms with Gasteiger partial charge in [0.1, 0.15) is 0 Å². The van der Waals surface area contributed by atoms with Gasteiger partial charge in [-0.05, 0) is 74.1 Å². The van der Waals surface area contributed by atoms with E-state index in [1.807, 2.05) is 12.1 Å². The highest BCUT2D eigenvalue weighted by molar-refractivity contribution is 7.89. The molecule has 0 radical (unpaired) electrons. The van der Waals surface area contributed by atoms with E-state index in [4.69, 9.17) is 0 Å². The van der Waals surface area contributed by atoms with Crippen molar-refractivity contribution in [3.05, 3.63) is 54.1 Å². The first kappa shape index (κ1) is 21.8. The Morgan fingerprint density at radius 3 is 1.97 bits per heavy atom. The molecule has 2 aromatic rings. The lowest BCUT2D eigenvalue weighted by Gasteiger charge is -2.28. The minimum atomic E-state index is -3.44. The summed E-state index contributed by atoms with van der Waals surface area (Å²) >= 11 is 0. The Morgan fingerprint density at radius 2 is 1.35 bits per heavy atom. The van der Waals surface area contributed by atoms with Crippen molar-refractivity contribution in [2.24, 2.45) is 0 Å². The predicted octanol–water partition coefficient (Wildman–Crippen LogP) is 4.03. The number of piperidine rings is 2. The zero-order valence-electron chi connectivity index (χ0n) is 17.9. The second kappa shape index (κ2) is 9.83. The number of anilines is 2. The van der Waals surface area contributed by atoms with E-state index in [-0.39, 0.29) is 12.3 Å². The summed E-state index contributed by atoms with van der Waals surface area (Å²) in [6.07, 6.45) is 6.88. The average Bonchev–Trinajstić information content (AvgIpc) is 2.81. The summed E-state index contributed by atoms with van der Waals surface area (Å²) in [6, 6.07) is 14.7. The van der Waals surface area contributed by atoms with E-state index in [2.05, 4.69) is 22.3 Å². The van der Waals surface area contributed by atoms with E-state index in [1.54, 1.807) is 28.6 Å². The van der Waals surface area contributed by atoms with Gasteiger partial charge in [-0.15, -0.1) is 0 Å². The molecule has 0 aliphatic carbocycles. The van der Waals surface area contributed by atoms with Gasteiger partial charge in [0.15, 0.2) is 0 Å². The van der Waals surface area contributed by atoms with Crippen LogP contribution in [0.2, 0.25) is 0 Å². The van der Waals surface area contributed by atoms with E-state index >= 15 is 0 Å². The standard InChI is InChI=1S/C24H31N3O3S/c28-24(25-21-9-11-22(12-10-21)26-15-3-1-4-16-26)19-20-7-13-23(14-8-20)31(29,30)27-17-5-2-6-18-27/h7-14H,1-6,15-19H2,(H,25,28). The molecule has 1 N–H and O–H groups in total. The fourth-order valence-electron chi connectivity index (χ4n) is 4.33. The Balaban J connectivity index is 1.33. The van der Waals surface area contributed by atoms with E-state index in [0.29, 0.717) is 18.0 Å². The first-order valence-electron chi connectivity index (χ1n) is 11.3. The van der Waals surface area contributed by atoms with Gasteiger partial charge in [0.2, 0.25) is 15.9 Å². The van der Waals surface area contributed by atoms with Crippen LogP contribution in [0, 0.1) is 0 Å². The summed E-state index contributed by atoms with van der Waals surface area (Å²) in [5.74, 6) is -0.114. The predicted molar refractivity (Wildman–Crippen MR) is 124 cm³/mol. The van der Waals surface area contributed by atoms with E-state index in [0.717, 1.165) is 43.6 Å². The largest absolute Gasteiger partial charge is 0.372 e. The molecule has 0 bridgehead atoms. The Labute approximate surface area is 185 Å². The number of rotatable bonds is 6. The first-order valence-corrected chi connectivity index (χ1v) is 12.7. The van der Waals surface area contributed by atoms with Gasteiger partial charge in [0.05, 0.1) is 11.3 Å². The number of hydrogen-bond acceptors (Lipinski definition) is 4. The van der Waals surface area contributed by atoms with Gasteiger partial charge >= 0.3 is 0 Å². The minimum Gasteiger partial charge on any atom is -0.372 e. The number of nitrogens with zero attached hydrogens (tertiary/aromatic N) is 2. The number of hydrogen-bond donors (Lipinski definition) is 1. The van der Waals surface area contributed by atoms with Crippen LogP contribution < -0.4 is 10.2 Å². The fraction of sp³-hybridized carbons (Fsp3) is 0.458. The van der Waals surface area contributed by atoms with Gasteiger partial charge < -0.3 is 10.2 Å². The summed E-state index contributed by atoms with van der Waals surface area (Å²) in [4.78, 5) is 15.1. The molecule has 0 spiro atoms. The maximum atomic E-state index is 12.7. The molecule has 6 nitrogen and oxygen atoms in total. The molecule has 31 heavy (non-hydrogen) atoms. The molecule has 7 heteroatoms. The molecule has 0 aromatic heterocycles. The van der Waals surface area contributed by atoms with Crippen LogP contribution in [-0.4, -0.2) is 44.8 Å². The summed E-state index contributed by atoms with van der Waals surface area (Å²) in [5, 5.41) is 2.93. The van der Waals surface area contributed by atoms with Crippen molar-refractivity contribution in [1.82, 2.24) is 4.31 Å². The van der Waals surface area contributed by atoms with Crippen LogP contribution in [0.1, 0.15) is 44.1 Å². The molecule has 2 aliphatic heterocycles. The molecule has 1 amide bonds. The Morgan fingerprint density at radius 1 is 0.774 bits per heavy atom. The van der Waals surface area contributed by atoms with Crippen LogP contribution in [0.3, 0.4) is 0 Å².